The Morgan fingerprint density at radius 1 is 1.25 bits per heavy atom. The number of nitrogens with two attached hydrogens (primary N) is 1. The Kier molecular flexibility index (Phi) is 5.64. The lowest BCUT2D eigenvalue weighted by Crippen LogP contribution is -2.09. The van der Waals surface area contributed by atoms with Gasteiger partial charge in [0.15, 0.2) is 5.82 Å². The second-order valence-electron chi connectivity index (χ2n) is 4.13. The zero-order chi connectivity index (χ0) is 14.2. The van der Waals surface area contributed by atoms with Gasteiger partial charge in [-0.3, -0.25) is 0 Å². The summed E-state index contributed by atoms with van der Waals surface area (Å²) in [7, 11) is 1.69. The second kappa shape index (κ2) is 7.72. The number of hydrogen-bond donors (Lipinski definition) is 2. The predicted molar refractivity (Wildman–Crippen MR) is 82.0 cm³/mol. The average molecular weight is 290 g/mol. The summed E-state index contributed by atoms with van der Waals surface area (Å²) in [6.07, 6.45) is 2.43. The van der Waals surface area contributed by atoms with E-state index in [0.717, 1.165) is 22.9 Å². The molecule has 20 heavy (non-hydrogen) atoms. The Morgan fingerprint density at radius 3 is 2.80 bits per heavy atom. The minimum atomic E-state index is 0.582. The number of anilines is 2. The van der Waals surface area contributed by atoms with Gasteiger partial charge in [0, 0.05) is 25.2 Å². The van der Waals surface area contributed by atoms with Gasteiger partial charge in [-0.2, -0.15) is 0 Å². The SMILES string of the molecule is COCCCNc1ncnc(Sc2ccccc2)c1N. The first-order chi connectivity index (χ1) is 9.81. The van der Waals surface area contributed by atoms with Gasteiger partial charge in [0.1, 0.15) is 17.0 Å². The molecule has 106 valence electrons. The van der Waals surface area contributed by atoms with Gasteiger partial charge in [-0.1, -0.05) is 30.0 Å². The van der Waals surface area contributed by atoms with Crippen molar-refractivity contribution in [1.82, 2.24) is 9.97 Å². The smallest absolute Gasteiger partial charge is 0.153 e. The molecule has 2 aromatic rings. The van der Waals surface area contributed by atoms with Crippen LogP contribution in [0, 0.1) is 0 Å². The summed E-state index contributed by atoms with van der Waals surface area (Å²) in [5.74, 6) is 0.675. The van der Waals surface area contributed by atoms with Crippen LogP contribution >= 0.6 is 11.8 Å². The number of aromatic nitrogens is 2. The second-order valence-corrected chi connectivity index (χ2v) is 5.19. The highest BCUT2D eigenvalue weighted by molar-refractivity contribution is 7.99. The Morgan fingerprint density at radius 2 is 2.05 bits per heavy atom. The summed E-state index contributed by atoms with van der Waals surface area (Å²) in [4.78, 5) is 9.52. The molecule has 2 rings (SSSR count). The van der Waals surface area contributed by atoms with Crippen molar-refractivity contribution in [3.05, 3.63) is 36.7 Å². The topological polar surface area (TPSA) is 73.1 Å². The average Bonchev–Trinajstić information content (AvgIpc) is 2.48. The number of ether oxygens (including phenoxy) is 1. The molecule has 0 amide bonds. The first kappa shape index (κ1) is 14.6. The Labute approximate surface area is 123 Å². The molecule has 0 bridgehead atoms. The fraction of sp³-hybridized carbons (Fsp3) is 0.286. The number of hydrogen-bond acceptors (Lipinski definition) is 6. The largest absolute Gasteiger partial charge is 0.394 e. The van der Waals surface area contributed by atoms with Crippen LogP contribution in [0.25, 0.3) is 0 Å². The van der Waals surface area contributed by atoms with Crippen LogP contribution in [-0.2, 0) is 4.74 Å². The first-order valence-electron chi connectivity index (χ1n) is 6.37. The first-order valence-corrected chi connectivity index (χ1v) is 7.19. The van der Waals surface area contributed by atoms with Crippen LogP contribution in [0.4, 0.5) is 11.5 Å². The molecule has 0 aliphatic rings. The lowest BCUT2D eigenvalue weighted by Gasteiger charge is -2.10. The maximum atomic E-state index is 6.11. The van der Waals surface area contributed by atoms with Gasteiger partial charge < -0.3 is 15.8 Å². The third-order valence-corrected chi connectivity index (χ3v) is 3.65. The molecule has 0 atom stereocenters. The van der Waals surface area contributed by atoms with E-state index in [1.807, 2.05) is 30.3 Å². The van der Waals surface area contributed by atoms with Crippen LogP contribution in [0.5, 0.6) is 0 Å². The maximum Gasteiger partial charge on any atom is 0.153 e. The van der Waals surface area contributed by atoms with Crippen molar-refractivity contribution >= 4 is 23.3 Å². The van der Waals surface area contributed by atoms with E-state index in [2.05, 4.69) is 15.3 Å². The fourth-order valence-corrected chi connectivity index (χ4v) is 2.45. The van der Waals surface area contributed by atoms with Gasteiger partial charge in [-0.15, -0.1) is 0 Å². The molecule has 0 aliphatic heterocycles. The van der Waals surface area contributed by atoms with Crippen molar-refractivity contribution < 1.29 is 4.74 Å². The summed E-state index contributed by atoms with van der Waals surface area (Å²) >= 11 is 1.53. The summed E-state index contributed by atoms with van der Waals surface area (Å²) < 4.78 is 5.00. The van der Waals surface area contributed by atoms with Crippen LogP contribution < -0.4 is 11.1 Å². The molecule has 0 spiro atoms. The van der Waals surface area contributed by atoms with Gasteiger partial charge in [-0.05, 0) is 18.6 Å². The molecule has 6 heteroatoms. The molecular formula is C14H18N4OS. The zero-order valence-electron chi connectivity index (χ0n) is 11.4. The maximum absolute atomic E-state index is 6.11. The van der Waals surface area contributed by atoms with Gasteiger partial charge in [0.25, 0.3) is 0 Å². The molecule has 0 aliphatic carbocycles. The molecule has 0 saturated carbocycles. The van der Waals surface area contributed by atoms with Crippen LogP contribution in [0.3, 0.4) is 0 Å². The zero-order valence-corrected chi connectivity index (χ0v) is 12.2. The van der Waals surface area contributed by atoms with E-state index in [9.17, 15) is 0 Å². The van der Waals surface area contributed by atoms with E-state index in [-0.39, 0.29) is 0 Å². The van der Waals surface area contributed by atoms with E-state index in [1.165, 1.54) is 18.1 Å². The number of nitrogen functional groups attached to an aromatic ring is 1. The van der Waals surface area contributed by atoms with Crippen molar-refractivity contribution in [1.29, 1.82) is 0 Å². The van der Waals surface area contributed by atoms with E-state index in [0.29, 0.717) is 18.1 Å². The third-order valence-electron chi connectivity index (χ3n) is 2.62. The Bertz CT molecular complexity index is 536. The summed E-state index contributed by atoms with van der Waals surface area (Å²) in [6, 6.07) is 10.0. The lowest BCUT2D eigenvalue weighted by atomic mass is 10.4. The third kappa shape index (κ3) is 4.11. The summed E-state index contributed by atoms with van der Waals surface area (Å²) in [6.45, 7) is 1.48. The highest BCUT2D eigenvalue weighted by Crippen LogP contribution is 2.32. The summed E-state index contributed by atoms with van der Waals surface area (Å²) in [5, 5.41) is 3.97. The van der Waals surface area contributed by atoms with Crippen molar-refractivity contribution in [2.45, 2.75) is 16.3 Å². The molecule has 5 nitrogen and oxygen atoms in total. The Hall–Kier alpha value is -1.79. The highest BCUT2D eigenvalue weighted by atomic mass is 32.2. The van der Waals surface area contributed by atoms with Gasteiger partial charge >= 0.3 is 0 Å². The van der Waals surface area contributed by atoms with Crippen LogP contribution in [0.15, 0.2) is 46.6 Å². The van der Waals surface area contributed by atoms with Gasteiger partial charge in [0.2, 0.25) is 0 Å². The molecule has 0 radical (unpaired) electrons. The number of nitrogens with zero attached hydrogens (tertiary/aromatic N) is 2. The normalized spacial score (nSPS) is 10.4. The van der Waals surface area contributed by atoms with Gasteiger partial charge in [0.05, 0.1) is 0 Å². The van der Waals surface area contributed by atoms with Gasteiger partial charge in [-0.25, -0.2) is 9.97 Å². The number of benzene rings is 1. The van der Waals surface area contributed by atoms with Crippen molar-refractivity contribution in [3.63, 3.8) is 0 Å². The Balaban J connectivity index is 2.03. The number of rotatable bonds is 7. The molecule has 1 aromatic heterocycles. The van der Waals surface area contributed by atoms with Crippen LogP contribution in [0.2, 0.25) is 0 Å². The minimum absolute atomic E-state index is 0.582. The molecule has 0 fully saturated rings. The van der Waals surface area contributed by atoms with Crippen LogP contribution in [0.1, 0.15) is 6.42 Å². The molecular weight excluding hydrogens is 272 g/mol. The van der Waals surface area contributed by atoms with E-state index < -0.39 is 0 Å². The quantitative estimate of drug-likeness (QED) is 0.603. The summed E-state index contributed by atoms with van der Waals surface area (Å²) in [5.41, 5.74) is 6.69. The number of methoxy groups -OCH3 is 1. The molecule has 1 aromatic carbocycles. The fourth-order valence-electron chi connectivity index (χ4n) is 1.63. The standard InChI is InChI=1S/C14H18N4OS/c1-19-9-5-8-16-13-12(15)14(18-10-17-13)20-11-6-3-2-4-7-11/h2-4,6-7,10H,5,8-9,15H2,1H3,(H,16,17,18). The number of nitrogens with one attached hydrogen (secondary N) is 1. The van der Waals surface area contributed by atoms with Crippen LogP contribution in [-0.4, -0.2) is 30.2 Å². The molecule has 0 unspecified atom stereocenters. The minimum Gasteiger partial charge on any atom is -0.394 e. The van der Waals surface area contributed by atoms with E-state index in [1.54, 1.807) is 7.11 Å². The highest BCUT2D eigenvalue weighted by Gasteiger charge is 2.09. The monoisotopic (exact) mass is 290 g/mol. The lowest BCUT2D eigenvalue weighted by molar-refractivity contribution is 0.198. The van der Waals surface area contributed by atoms with Crippen molar-refractivity contribution in [2.75, 3.05) is 31.3 Å². The molecule has 0 saturated heterocycles. The van der Waals surface area contributed by atoms with E-state index >= 15 is 0 Å². The molecule has 1 heterocycles. The van der Waals surface area contributed by atoms with E-state index in [4.69, 9.17) is 10.5 Å². The van der Waals surface area contributed by atoms with Crippen molar-refractivity contribution in [3.8, 4) is 0 Å². The predicted octanol–water partition coefficient (Wildman–Crippen LogP) is 2.66. The van der Waals surface area contributed by atoms with Crippen molar-refractivity contribution in [2.24, 2.45) is 0 Å². The molecule has 3 N–H and O–H groups in total.